The monoisotopic (exact) mass is 277 g/mol. The third kappa shape index (κ3) is 2.51. The Bertz CT molecular complexity index is 521. The lowest BCUT2D eigenvalue weighted by atomic mass is 9.68. The molecule has 0 radical (unpaired) electrons. The van der Waals surface area contributed by atoms with Crippen LogP contribution < -0.4 is 5.73 Å². The molecule has 0 bridgehead atoms. The third-order valence-corrected chi connectivity index (χ3v) is 4.10. The Balaban J connectivity index is 2.14. The van der Waals surface area contributed by atoms with E-state index in [-0.39, 0.29) is 18.1 Å². The summed E-state index contributed by atoms with van der Waals surface area (Å²) in [5, 5.41) is 11.0. The second kappa shape index (κ2) is 5.58. The first-order valence-electron chi connectivity index (χ1n) is 6.68. The Morgan fingerprint density at radius 2 is 2.10 bits per heavy atom. The number of hydrogen-bond acceptors (Lipinski definition) is 4. The van der Waals surface area contributed by atoms with Gasteiger partial charge in [0, 0.05) is 25.2 Å². The van der Waals surface area contributed by atoms with Crippen LogP contribution in [0.2, 0.25) is 0 Å². The molecule has 0 aliphatic heterocycles. The first-order chi connectivity index (χ1) is 9.50. The largest absolute Gasteiger partial charge is 0.341 e. The maximum Gasteiger partial charge on any atom is 0.274 e. The van der Waals surface area contributed by atoms with E-state index in [9.17, 15) is 14.9 Å². The average molecular weight is 277 g/mol. The summed E-state index contributed by atoms with van der Waals surface area (Å²) in [6.07, 6.45) is 2.63. The van der Waals surface area contributed by atoms with Crippen LogP contribution in [0.3, 0.4) is 0 Å². The molecule has 0 saturated heterocycles. The van der Waals surface area contributed by atoms with Gasteiger partial charge in [-0.2, -0.15) is 0 Å². The van der Waals surface area contributed by atoms with E-state index < -0.39 is 10.3 Å². The molecule has 2 rings (SSSR count). The van der Waals surface area contributed by atoms with Crippen molar-refractivity contribution in [3.8, 4) is 0 Å². The molecule has 0 atom stereocenters. The zero-order valence-electron chi connectivity index (χ0n) is 11.5. The number of para-hydroxylation sites is 1. The zero-order valence-corrected chi connectivity index (χ0v) is 11.5. The number of hydrogen-bond donors (Lipinski definition) is 1. The maximum absolute atomic E-state index is 12.4. The molecular formula is C14H19N3O3. The van der Waals surface area contributed by atoms with E-state index in [4.69, 9.17) is 5.73 Å². The predicted octanol–water partition coefficient (Wildman–Crippen LogP) is 1.68. The highest BCUT2D eigenvalue weighted by Crippen LogP contribution is 2.41. The minimum atomic E-state index is -0.446. The average Bonchev–Trinajstić information content (AvgIpc) is 2.38. The summed E-state index contributed by atoms with van der Waals surface area (Å²) in [5.41, 5.74) is 5.86. The third-order valence-electron chi connectivity index (χ3n) is 4.10. The topological polar surface area (TPSA) is 89.5 Å². The molecule has 0 spiro atoms. The molecule has 20 heavy (non-hydrogen) atoms. The Labute approximate surface area is 117 Å². The molecule has 1 fully saturated rings. The maximum atomic E-state index is 12.4. The highest BCUT2D eigenvalue weighted by Gasteiger charge is 2.44. The van der Waals surface area contributed by atoms with E-state index in [0.29, 0.717) is 12.1 Å². The number of carbonyl (C=O) groups is 1. The van der Waals surface area contributed by atoms with Crippen molar-refractivity contribution in [2.45, 2.75) is 25.8 Å². The molecule has 1 amide bonds. The van der Waals surface area contributed by atoms with Crippen LogP contribution >= 0.6 is 0 Å². The Morgan fingerprint density at radius 1 is 1.45 bits per heavy atom. The fourth-order valence-electron chi connectivity index (χ4n) is 2.66. The minimum absolute atomic E-state index is 0.00981. The van der Waals surface area contributed by atoms with Gasteiger partial charge in [-0.25, -0.2) is 0 Å². The molecular weight excluding hydrogens is 258 g/mol. The zero-order chi connectivity index (χ0) is 14.8. The lowest BCUT2D eigenvalue weighted by Gasteiger charge is -2.41. The van der Waals surface area contributed by atoms with Gasteiger partial charge >= 0.3 is 0 Å². The van der Waals surface area contributed by atoms with Gasteiger partial charge in [-0.05, 0) is 12.8 Å². The van der Waals surface area contributed by atoms with Gasteiger partial charge in [0.15, 0.2) is 0 Å². The number of nitro benzene ring substituents is 1. The number of nitrogens with zero attached hydrogens (tertiary/aromatic N) is 2. The first-order valence-corrected chi connectivity index (χ1v) is 6.68. The van der Waals surface area contributed by atoms with Crippen molar-refractivity contribution in [2.24, 2.45) is 11.1 Å². The molecule has 0 aromatic heterocycles. The van der Waals surface area contributed by atoms with Gasteiger partial charge in [0.05, 0.1) is 16.9 Å². The van der Waals surface area contributed by atoms with Crippen molar-refractivity contribution in [3.05, 3.63) is 39.9 Å². The lowest BCUT2D eigenvalue weighted by Crippen LogP contribution is -2.50. The predicted molar refractivity (Wildman–Crippen MR) is 74.9 cm³/mol. The van der Waals surface area contributed by atoms with Crippen LogP contribution in [0.4, 0.5) is 5.69 Å². The first kappa shape index (κ1) is 14.5. The molecule has 1 aliphatic rings. The van der Waals surface area contributed by atoms with Crippen LogP contribution in [0.1, 0.15) is 24.8 Å². The molecule has 108 valence electrons. The summed E-state index contributed by atoms with van der Waals surface area (Å²) in [6, 6.07) is 6.49. The van der Waals surface area contributed by atoms with E-state index in [0.717, 1.165) is 19.3 Å². The van der Waals surface area contributed by atoms with Gasteiger partial charge in [0.2, 0.25) is 5.91 Å². The van der Waals surface area contributed by atoms with Crippen molar-refractivity contribution in [3.63, 3.8) is 0 Å². The van der Waals surface area contributed by atoms with Crippen LogP contribution in [0.5, 0.6) is 0 Å². The SMILES string of the molecule is CN(Cc1ccccc1[N+](=O)[O-])C(=O)C1(CN)CCC1. The van der Waals surface area contributed by atoms with Gasteiger partial charge in [-0.3, -0.25) is 14.9 Å². The van der Waals surface area contributed by atoms with E-state index in [1.807, 2.05) is 0 Å². The smallest absolute Gasteiger partial charge is 0.274 e. The van der Waals surface area contributed by atoms with Crippen LogP contribution in [0, 0.1) is 15.5 Å². The molecule has 6 heteroatoms. The number of benzene rings is 1. The van der Waals surface area contributed by atoms with Crippen molar-refractivity contribution >= 4 is 11.6 Å². The summed E-state index contributed by atoms with van der Waals surface area (Å²) < 4.78 is 0. The van der Waals surface area contributed by atoms with Crippen molar-refractivity contribution in [2.75, 3.05) is 13.6 Å². The fraction of sp³-hybridized carbons (Fsp3) is 0.500. The van der Waals surface area contributed by atoms with E-state index in [1.54, 1.807) is 30.1 Å². The fourth-order valence-corrected chi connectivity index (χ4v) is 2.66. The number of rotatable bonds is 5. The Kier molecular flexibility index (Phi) is 4.04. The normalized spacial score (nSPS) is 16.3. The Morgan fingerprint density at radius 3 is 2.60 bits per heavy atom. The number of nitrogens with two attached hydrogens (primary N) is 1. The van der Waals surface area contributed by atoms with E-state index >= 15 is 0 Å². The Hall–Kier alpha value is -1.95. The van der Waals surface area contributed by atoms with Gasteiger partial charge in [-0.15, -0.1) is 0 Å². The number of carbonyl (C=O) groups excluding carboxylic acids is 1. The van der Waals surface area contributed by atoms with Crippen molar-refractivity contribution in [1.82, 2.24) is 4.90 Å². The number of nitro groups is 1. The summed E-state index contributed by atoms with van der Waals surface area (Å²) >= 11 is 0. The lowest BCUT2D eigenvalue weighted by molar-refractivity contribution is -0.385. The van der Waals surface area contributed by atoms with Crippen LogP contribution in [-0.4, -0.2) is 29.3 Å². The molecule has 1 aromatic rings. The molecule has 0 unspecified atom stereocenters. The van der Waals surface area contributed by atoms with Gasteiger partial charge < -0.3 is 10.6 Å². The molecule has 6 nitrogen and oxygen atoms in total. The van der Waals surface area contributed by atoms with Gasteiger partial charge in [0.1, 0.15) is 0 Å². The molecule has 2 N–H and O–H groups in total. The van der Waals surface area contributed by atoms with Gasteiger partial charge in [-0.1, -0.05) is 24.6 Å². The summed E-state index contributed by atoms with van der Waals surface area (Å²) in [4.78, 5) is 24.5. The highest BCUT2D eigenvalue weighted by atomic mass is 16.6. The molecule has 0 heterocycles. The quantitative estimate of drug-likeness (QED) is 0.655. The van der Waals surface area contributed by atoms with Crippen LogP contribution in [0.25, 0.3) is 0 Å². The standard InChI is InChI=1S/C14H19N3O3/c1-16(13(18)14(10-15)7-4-8-14)9-11-5-2-3-6-12(11)17(19)20/h2-3,5-6H,4,7-10,15H2,1H3. The van der Waals surface area contributed by atoms with Crippen molar-refractivity contribution in [1.29, 1.82) is 0 Å². The molecule has 1 saturated carbocycles. The van der Waals surface area contributed by atoms with Crippen LogP contribution in [-0.2, 0) is 11.3 Å². The summed E-state index contributed by atoms with van der Waals surface area (Å²) in [6.45, 7) is 0.574. The summed E-state index contributed by atoms with van der Waals surface area (Å²) in [5.74, 6) is -0.00981. The minimum Gasteiger partial charge on any atom is -0.341 e. The van der Waals surface area contributed by atoms with E-state index in [2.05, 4.69) is 0 Å². The van der Waals surface area contributed by atoms with Crippen molar-refractivity contribution < 1.29 is 9.72 Å². The summed E-state index contributed by atoms with van der Waals surface area (Å²) in [7, 11) is 1.68. The van der Waals surface area contributed by atoms with Crippen LogP contribution in [0.15, 0.2) is 24.3 Å². The number of amides is 1. The second-order valence-electron chi connectivity index (χ2n) is 5.39. The second-order valence-corrected chi connectivity index (χ2v) is 5.39. The molecule has 1 aliphatic carbocycles. The highest BCUT2D eigenvalue weighted by molar-refractivity contribution is 5.83. The van der Waals surface area contributed by atoms with Gasteiger partial charge in [0.25, 0.3) is 5.69 Å². The molecule has 1 aromatic carbocycles. The van der Waals surface area contributed by atoms with E-state index in [1.165, 1.54) is 6.07 Å².